The average molecular weight is 287 g/mol. The van der Waals surface area contributed by atoms with Crippen LogP contribution in [0.1, 0.15) is 59.2 Å². The Bertz CT molecular complexity index is 553. The van der Waals surface area contributed by atoms with Crippen molar-refractivity contribution in [3.8, 4) is 0 Å². The van der Waals surface area contributed by atoms with Crippen LogP contribution >= 0.6 is 0 Å². The summed E-state index contributed by atoms with van der Waals surface area (Å²) in [5.74, 6) is -0.533. The Hall–Kier alpha value is -1.84. The first-order valence-electron chi connectivity index (χ1n) is 7.82. The molecule has 1 amide bonds. The summed E-state index contributed by atoms with van der Waals surface area (Å²) in [5.41, 5.74) is 0.441. The molecule has 4 nitrogen and oxygen atoms in total. The highest BCUT2D eigenvalue weighted by atomic mass is 16.4. The Morgan fingerprint density at radius 3 is 2.43 bits per heavy atom. The third-order valence-corrected chi connectivity index (χ3v) is 4.89. The van der Waals surface area contributed by atoms with Crippen LogP contribution in [0.4, 0.5) is 0 Å². The molecule has 0 spiro atoms. The van der Waals surface area contributed by atoms with Gasteiger partial charge in [0.05, 0.1) is 11.1 Å². The van der Waals surface area contributed by atoms with E-state index in [1.807, 2.05) is 4.90 Å². The maximum atomic E-state index is 12.8. The predicted octanol–water partition coefficient (Wildman–Crippen LogP) is 3.18. The van der Waals surface area contributed by atoms with E-state index >= 15 is 0 Å². The fourth-order valence-corrected chi connectivity index (χ4v) is 3.89. The first-order chi connectivity index (χ1) is 10.2. The van der Waals surface area contributed by atoms with Gasteiger partial charge in [-0.2, -0.15) is 0 Å². The van der Waals surface area contributed by atoms with Crippen molar-refractivity contribution in [3.05, 3.63) is 35.4 Å². The number of likely N-dealkylation sites (tertiary alicyclic amines) is 1. The Kier molecular flexibility index (Phi) is 3.95. The van der Waals surface area contributed by atoms with Gasteiger partial charge in [0.1, 0.15) is 0 Å². The van der Waals surface area contributed by atoms with Gasteiger partial charge in [-0.3, -0.25) is 4.79 Å². The molecule has 2 unspecified atom stereocenters. The lowest BCUT2D eigenvalue weighted by atomic mass is 9.78. The average Bonchev–Trinajstić information content (AvgIpc) is 2.53. The molecule has 112 valence electrons. The molecule has 1 aliphatic heterocycles. The lowest BCUT2D eigenvalue weighted by Crippen LogP contribution is -2.49. The molecule has 2 fully saturated rings. The highest BCUT2D eigenvalue weighted by molar-refractivity contribution is 6.04. The van der Waals surface area contributed by atoms with E-state index in [4.69, 9.17) is 0 Å². The van der Waals surface area contributed by atoms with E-state index < -0.39 is 5.97 Å². The smallest absolute Gasteiger partial charge is 0.336 e. The molecule has 1 saturated carbocycles. The number of piperidine rings is 1. The molecule has 0 bridgehead atoms. The number of fused-ring (bicyclic) bond motifs is 1. The van der Waals surface area contributed by atoms with Crippen molar-refractivity contribution in [1.29, 1.82) is 0 Å². The van der Waals surface area contributed by atoms with E-state index in [0.29, 0.717) is 17.5 Å². The highest BCUT2D eigenvalue weighted by Gasteiger charge is 2.36. The molecule has 1 N–H and O–H groups in total. The van der Waals surface area contributed by atoms with Crippen molar-refractivity contribution in [2.75, 3.05) is 6.54 Å². The normalized spacial score (nSPS) is 25.2. The minimum absolute atomic E-state index is 0.107. The second kappa shape index (κ2) is 5.88. The van der Waals surface area contributed by atoms with Crippen molar-refractivity contribution >= 4 is 11.9 Å². The summed E-state index contributed by atoms with van der Waals surface area (Å²) < 4.78 is 0. The molecule has 2 aliphatic rings. The summed E-state index contributed by atoms with van der Waals surface area (Å²) in [6, 6.07) is 6.86. The number of amides is 1. The molecule has 2 atom stereocenters. The van der Waals surface area contributed by atoms with Gasteiger partial charge in [-0.25, -0.2) is 4.79 Å². The molecule has 1 aromatic carbocycles. The number of carboxylic acid groups (broad SMARTS) is 1. The maximum Gasteiger partial charge on any atom is 0.336 e. The quantitative estimate of drug-likeness (QED) is 0.909. The number of hydrogen-bond acceptors (Lipinski definition) is 2. The number of carboxylic acids is 1. The number of carbonyl (C=O) groups excluding carboxylic acids is 1. The van der Waals surface area contributed by atoms with Gasteiger partial charge in [-0.1, -0.05) is 25.0 Å². The summed E-state index contributed by atoms with van der Waals surface area (Å²) in [5, 5.41) is 9.27. The number of nitrogens with zero attached hydrogens (tertiary/aromatic N) is 1. The number of aromatic carboxylic acids is 1. The molecular weight excluding hydrogens is 266 g/mol. The summed E-state index contributed by atoms with van der Waals surface area (Å²) in [4.78, 5) is 26.1. The lowest BCUT2D eigenvalue weighted by Gasteiger charge is -2.44. The summed E-state index contributed by atoms with van der Waals surface area (Å²) in [6.45, 7) is 0.758. The minimum Gasteiger partial charge on any atom is -0.478 e. The zero-order chi connectivity index (χ0) is 14.8. The molecule has 3 rings (SSSR count). The van der Waals surface area contributed by atoms with Crippen LogP contribution in [0, 0.1) is 5.92 Å². The van der Waals surface area contributed by atoms with Crippen LogP contribution in [-0.2, 0) is 0 Å². The van der Waals surface area contributed by atoms with Crippen LogP contribution in [0.25, 0.3) is 0 Å². The van der Waals surface area contributed by atoms with Crippen molar-refractivity contribution in [1.82, 2.24) is 4.90 Å². The van der Waals surface area contributed by atoms with Gasteiger partial charge in [0.25, 0.3) is 5.91 Å². The van der Waals surface area contributed by atoms with E-state index in [-0.39, 0.29) is 11.5 Å². The van der Waals surface area contributed by atoms with Crippen LogP contribution in [-0.4, -0.2) is 34.5 Å². The van der Waals surface area contributed by atoms with Crippen LogP contribution in [0.3, 0.4) is 0 Å². The van der Waals surface area contributed by atoms with Gasteiger partial charge >= 0.3 is 5.97 Å². The molecule has 0 radical (unpaired) electrons. The van der Waals surface area contributed by atoms with Gasteiger partial charge in [0.15, 0.2) is 0 Å². The van der Waals surface area contributed by atoms with Gasteiger partial charge in [0.2, 0.25) is 0 Å². The third-order valence-electron chi connectivity index (χ3n) is 4.89. The monoisotopic (exact) mass is 287 g/mol. The summed E-state index contributed by atoms with van der Waals surface area (Å²) >= 11 is 0. The van der Waals surface area contributed by atoms with Crippen molar-refractivity contribution in [2.24, 2.45) is 5.92 Å². The molecule has 1 aliphatic carbocycles. The van der Waals surface area contributed by atoms with Crippen LogP contribution in [0.15, 0.2) is 24.3 Å². The van der Waals surface area contributed by atoms with Crippen LogP contribution < -0.4 is 0 Å². The molecule has 1 heterocycles. The van der Waals surface area contributed by atoms with Gasteiger partial charge in [-0.05, 0) is 43.7 Å². The molecule has 1 aromatic rings. The Labute approximate surface area is 124 Å². The molecule has 21 heavy (non-hydrogen) atoms. The van der Waals surface area contributed by atoms with Gasteiger partial charge in [0, 0.05) is 12.6 Å². The van der Waals surface area contributed by atoms with Gasteiger partial charge < -0.3 is 10.0 Å². The van der Waals surface area contributed by atoms with Crippen LogP contribution in [0.2, 0.25) is 0 Å². The zero-order valence-corrected chi connectivity index (χ0v) is 12.1. The Morgan fingerprint density at radius 1 is 1.00 bits per heavy atom. The number of hydrogen-bond donors (Lipinski definition) is 1. The fourth-order valence-electron chi connectivity index (χ4n) is 3.89. The maximum absolute atomic E-state index is 12.8. The number of rotatable bonds is 2. The van der Waals surface area contributed by atoms with Crippen LogP contribution in [0.5, 0.6) is 0 Å². The van der Waals surface area contributed by atoms with Crippen molar-refractivity contribution in [3.63, 3.8) is 0 Å². The second-order valence-electron chi connectivity index (χ2n) is 6.10. The first kappa shape index (κ1) is 14.1. The number of carbonyl (C=O) groups is 2. The second-order valence-corrected chi connectivity index (χ2v) is 6.10. The van der Waals surface area contributed by atoms with E-state index in [9.17, 15) is 14.7 Å². The molecule has 1 saturated heterocycles. The molecule has 4 heteroatoms. The fraction of sp³-hybridized carbons (Fsp3) is 0.529. The highest BCUT2D eigenvalue weighted by Crippen LogP contribution is 2.36. The van der Waals surface area contributed by atoms with E-state index in [1.165, 1.54) is 31.7 Å². The predicted molar refractivity (Wildman–Crippen MR) is 79.4 cm³/mol. The molecular formula is C17H21NO3. The standard InChI is InChI=1S/C17H21NO3/c19-16(13-8-2-3-9-14(13)17(20)21)18-11-5-7-12-6-1-4-10-15(12)18/h2-3,8-9,12,15H,1,4-7,10-11H2,(H,20,21). The van der Waals surface area contributed by atoms with Gasteiger partial charge in [-0.15, -0.1) is 0 Å². The topological polar surface area (TPSA) is 57.6 Å². The Morgan fingerprint density at radius 2 is 1.67 bits per heavy atom. The van der Waals surface area contributed by atoms with Crippen molar-refractivity contribution in [2.45, 2.75) is 44.6 Å². The van der Waals surface area contributed by atoms with E-state index in [0.717, 1.165) is 19.4 Å². The first-order valence-corrected chi connectivity index (χ1v) is 7.82. The third kappa shape index (κ3) is 2.67. The summed E-state index contributed by atoms with van der Waals surface area (Å²) in [6.07, 6.45) is 6.93. The van der Waals surface area contributed by atoms with Crippen molar-refractivity contribution < 1.29 is 14.7 Å². The molecule has 0 aromatic heterocycles. The SMILES string of the molecule is O=C(O)c1ccccc1C(=O)N1CCCC2CCCCC21. The lowest BCUT2D eigenvalue weighted by molar-refractivity contribution is 0.0385. The largest absolute Gasteiger partial charge is 0.478 e. The zero-order valence-electron chi connectivity index (χ0n) is 12.1. The minimum atomic E-state index is -1.03. The Balaban J connectivity index is 1.89. The van der Waals surface area contributed by atoms with E-state index in [2.05, 4.69) is 0 Å². The number of benzene rings is 1. The van der Waals surface area contributed by atoms with E-state index in [1.54, 1.807) is 18.2 Å². The summed E-state index contributed by atoms with van der Waals surface area (Å²) in [7, 11) is 0.